The Kier molecular flexibility index (Phi) is 9.50. The normalized spacial score (nSPS) is 10.8. The fraction of sp³-hybridized carbons (Fsp3) is 0.667. The molecule has 140 valence electrons. The number of nitrogens with zero attached hydrogens (tertiary/aromatic N) is 2. The van der Waals surface area contributed by atoms with Crippen LogP contribution in [0.4, 0.5) is 11.4 Å². The molecule has 0 unspecified atom stereocenters. The Bertz CT molecular complexity index is 575. The molecule has 0 saturated heterocycles. The van der Waals surface area contributed by atoms with Gasteiger partial charge in [-0.1, -0.05) is 64.7 Å². The minimum atomic E-state index is -0.893. The Morgan fingerprint density at radius 3 is 1.76 bits per heavy atom. The maximum Gasteiger partial charge on any atom is 0.387 e. The average molecular weight is 352 g/mol. The molecule has 25 heavy (non-hydrogen) atoms. The van der Waals surface area contributed by atoms with Crippen LogP contribution in [0.2, 0.25) is 0 Å². The van der Waals surface area contributed by atoms with E-state index in [4.69, 9.17) is 0 Å². The molecule has 0 aromatic heterocycles. The van der Waals surface area contributed by atoms with E-state index in [0.717, 1.165) is 31.7 Å². The SMILES string of the molecule is CCCCCCCCCCCCc1ccc(O)c([N+](=O)[O-])c1[N+](=O)[O-]. The van der Waals surface area contributed by atoms with E-state index in [-0.39, 0.29) is 0 Å². The summed E-state index contributed by atoms with van der Waals surface area (Å²) in [6.45, 7) is 2.20. The first-order valence-electron chi connectivity index (χ1n) is 9.12. The molecular formula is C18H28N2O5. The molecule has 0 fully saturated rings. The van der Waals surface area contributed by atoms with Crippen molar-refractivity contribution in [1.29, 1.82) is 0 Å². The molecule has 0 bridgehead atoms. The standard InChI is InChI=1S/C18H28N2O5/c1-2-3-4-5-6-7-8-9-10-11-12-15-13-14-16(21)18(20(24)25)17(15)19(22)23/h13-14,21H,2-12H2,1H3. The predicted octanol–water partition coefficient (Wildman–Crippen LogP) is 5.67. The maximum atomic E-state index is 11.2. The predicted molar refractivity (Wildman–Crippen MR) is 97.0 cm³/mol. The molecule has 0 aliphatic heterocycles. The van der Waals surface area contributed by atoms with E-state index in [1.54, 1.807) is 0 Å². The summed E-state index contributed by atoms with van der Waals surface area (Å²) in [5.41, 5.74) is -1.08. The topological polar surface area (TPSA) is 107 Å². The fourth-order valence-corrected chi connectivity index (χ4v) is 3.00. The number of phenolic OH excluding ortho intramolecular Hbond substituents is 1. The number of hydrogen-bond acceptors (Lipinski definition) is 5. The Labute approximate surface area is 148 Å². The number of unbranched alkanes of at least 4 members (excludes halogenated alkanes) is 9. The molecule has 1 aromatic carbocycles. The van der Waals surface area contributed by atoms with Gasteiger partial charge >= 0.3 is 11.4 Å². The number of aryl methyl sites for hydroxylation is 1. The van der Waals surface area contributed by atoms with Crippen molar-refractivity contribution in [3.63, 3.8) is 0 Å². The maximum absolute atomic E-state index is 11.2. The van der Waals surface area contributed by atoms with Crippen LogP contribution in [-0.4, -0.2) is 15.0 Å². The first kappa shape index (κ1) is 20.9. The molecule has 7 nitrogen and oxygen atoms in total. The molecule has 0 atom stereocenters. The number of nitro benzene ring substituents is 2. The molecule has 7 heteroatoms. The van der Waals surface area contributed by atoms with Gasteiger partial charge in [0.15, 0.2) is 0 Å². The first-order valence-corrected chi connectivity index (χ1v) is 9.12. The summed E-state index contributed by atoms with van der Waals surface area (Å²) in [6.07, 6.45) is 12.0. The second-order valence-corrected chi connectivity index (χ2v) is 6.39. The molecule has 1 N–H and O–H groups in total. The second-order valence-electron chi connectivity index (χ2n) is 6.39. The Balaban J connectivity index is 2.42. The van der Waals surface area contributed by atoms with Crippen LogP contribution >= 0.6 is 0 Å². The summed E-state index contributed by atoms with van der Waals surface area (Å²) in [7, 11) is 0. The van der Waals surface area contributed by atoms with Crippen molar-refractivity contribution in [2.24, 2.45) is 0 Å². The van der Waals surface area contributed by atoms with Crippen LogP contribution in [0.1, 0.15) is 76.7 Å². The van der Waals surface area contributed by atoms with Crippen LogP contribution in [-0.2, 0) is 6.42 Å². The molecular weight excluding hydrogens is 324 g/mol. The summed E-state index contributed by atoms with van der Waals surface area (Å²) in [6, 6.07) is 2.57. The molecule has 0 amide bonds. The van der Waals surface area contributed by atoms with Crippen molar-refractivity contribution >= 4 is 11.4 Å². The van der Waals surface area contributed by atoms with Crippen LogP contribution in [0.15, 0.2) is 12.1 Å². The fourth-order valence-electron chi connectivity index (χ4n) is 3.00. The van der Waals surface area contributed by atoms with Crippen molar-refractivity contribution < 1.29 is 15.0 Å². The van der Waals surface area contributed by atoms with Crippen molar-refractivity contribution in [3.8, 4) is 5.75 Å². The lowest BCUT2D eigenvalue weighted by atomic mass is 10.0. The van der Waals surface area contributed by atoms with E-state index in [1.807, 2.05) is 0 Å². The van der Waals surface area contributed by atoms with Gasteiger partial charge in [0.25, 0.3) is 0 Å². The van der Waals surface area contributed by atoms with Gasteiger partial charge in [-0.15, -0.1) is 0 Å². The van der Waals surface area contributed by atoms with E-state index >= 15 is 0 Å². The van der Waals surface area contributed by atoms with Crippen LogP contribution in [0.25, 0.3) is 0 Å². The summed E-state index contributed by atoms with van der Waals surface area (Å²) in [5.74, 6) is -0.663. The van der Waals surface area contributed by atoms with Gasteiger partial charge in [-0.2, -0.15) is 0 Å². The van der Waals surface area contributed by atoms with E-state index < -0.39 is 27.0 Å². The smallest absolute Gasteiger partial charge is 0.387 e. The van der Waals surface area contributed by atoms with Crippen molar-refractivity contribution in [2.45, 2.75) is 77.6 Å². The van der Waals surface area contributed by atoms with E-state index in [0.29, 0.717) is 12.0 Å². The highest BCUT2D eigenvalue weighted by Crippen LogP contribution is 2.38. The lowest BCUT2D eigenvalue weighted by Gasteiger charge is -2.05. The van der Waals surface area contributed by atoms with Crippen LogP contribution in [0, 0.1) is 20.2 Å². The average Bonchev–Trinajstić information content (AvgIpc) is 2.56. The number of nitro groups is 2. The molecule has 0 aliphatic rings. The molecule has 0 saturated carbocycles. The summed E-state index contributed by atoms with van der Waals surface area (Å²) in [5, 5.41) is 31.7. The quantitative estimate of drug-likeness (QED) is 0.279. The highest BCUT2D eigenvalue weighted by Gasteiger charge is 2.32. The van der Waals surface area contributed by atoms with Gasteiger partial charge in [0.05, 0.1) is 9.85 Å². The summed E-state index contributed by atoms with van der Waals surface area (Å²) in [4.78, 5) is 20.5. The highest BCUT2D eigenvalue weighted by molar-refractivity contribution is 5.65. The second kappa shape index (κ2) is 11.4. The third kappa shape index (κ3) is 7.07. The minimum Gasteiger partial charge on any atom is -0.502 e. The van der Waals surface area contributed by atoms with Gasteiger partial charge in [0, 0.05) is 5.56 Å². The van der Waals surface area contributed by atoms with Gasteiger partial charge in [0.1, 0.15) is 0 Å². The van der Waals surface area contributed by atoms with Crippen LogP contribution < -0.4 is 0 Å². The van der Waals surface area contributed by atoms with Crippen LogP contribution in [0.3, 0.4) is 0 Å². The van der Waals surface area contributed by atoms with Crippen LogP contribution in [0.5, 0.6) is 5.75 Å². The zero-order valence-electron chi connectivity index (χ0n) is 14.9. The molecule has 0 radical (unpaired) electrons. The third-order valence-electron chi connectivity index (χ3n) is 4.38. The van der Waals surface area contributed by atoms with Gasteiger partial charge < -0.3 is 5.11 Å². The van der Waals surface area contributed by atoms with Crippen molar-refractivity contribution in [2.75, 3.05) is 0 Å². The van der Waals surface area contributed by atoms with Gasteiger partial charge in [-0.25, -0.2) is 0 Å². The van der Waals surface area contributed by atoms with Crippen molar-refractivity contribution in [1.82, 2.24) is 0 Å². The van der Waals surface area contributed by atoms with Crippen molar-refractivity contribution in [3.05, 3.63) is 37.9 Å². The number of hydrogen-bond donors (Lipinski definition) is 1. The Morgan fingerprint density at radius 1 is 0.800 bits per heavy atom. The molecule has 1 rings (SSSR count). The Hall–Kier alpha value is -2.18. The summed E-state index contributed by atoms with van der Waals surface area (Å²) >= 11 is 0. The zero-order chi connectivity index (χ0) is 18.7. The molecule has 1 aromatic rings. The number of aromatic hydroxyl groups is 1. The number of phenols is 1. The minimum absolute atomic E-state index is 0.314. The number of benzene rings is 1. The van der Waals surface area contributed by atoms with E-state index in [9.17, 15) is 25.3 Å². The van der Waals surface area contributed by atoms with Gasteiger partial charge in [-0.3, -0.25) is 20.2 Å². The monoisotopic (exact) mass is 352 g/mol. The number of rotatable bonds is 13. The summed E-state index contributed by atoms with van der Waals surface area (Å²) < 4.78 is 0. The van der Waals surface area contributed by atoms with Gasteiger partial charge in [-0.05, 0) is 25.0 Å². The molecule has 0 heterocycles. The zero-order valence-corrected chi connectivity index (χ0v) is 14.9. The molecule has 0 aliphatic carbocycles. The third-order valence-corrected chi connectivity index (χ3v) is 4.38. The lowest BCUT2D eigenvalue weighted by molar-refractivity contribution is -0.423. The van der Waals surface area contributed by atoms with Gasteiger partial charge in [0.2, 0.25) is 5.75 Å². The first-order chi connectivity index (χ1) is 12.0. The highest BCUT2D eigenvalue weighted by atomic mass is 16.6. The largest absolute Gasteiger partial charge is 0.502 e. The lowest BCUT2D eigenvalue weighted by Crippen LogP contribution is -2.01. The van der Waals surface area contributed by atoms with E-state index in [2.05, 4.69) is 6.92 Å². The van der Waals surface area contributed by atoms with E-state index in [1.165, 1.54) is 44.6 Å². The Morgan fingerprint density at radius 2 is 1.28 bits per heavy atom. The molecule has 0 spiro atoms.